The van der Waals surface area contributed by atoms with Crippen LogP contribution in [0.15, 0.2) is 177 Å². The molecule has 1 aliphatic rings. The molecule has 1 aliphatic heterocycles. The molecular weight excluding hydrogens is 641 g/mol. The van der Waals surface area contributed by atoms with E-state index in [0.717, 1.165) is 93.8 Å². The molecule has 244 valence electrons. The summed E-state index contributed by atoms with van der Waals surface area (Å²) in [5, 5.41) is 12.3. The van der Waals surface area contributed by atoms with E-state index in [0.29, 0.717) is 5.84 Å². The summed E-state index contributed by atoms with van der Waals surface area (Å²) in [5.41, 5.74) is 8.25. The van der Waals surface area contributed by atoms with Crippen LogP contribution in [0.4, 0.5) is 0 Å². The van der Waals surface area contributed by atoms with Gasteiger partial charge in [-0.25, -0.2) is 9.98 Å². The molecule has 0 aliphatic carbocycles. The zero-order chi connectivity index (χ0) is 34.2. The predicted octanol–water partition coefficient (Wildman–Crippen LogP) is 11.3. The number of amidine groups is 2. The van der Waals surface area contributed by atoms with Crippen LogP contribution in [0, 0.1) is 0 Å². The van der Waals surface area contributed by atoms with Gasteiger partial charge in [0, 0.05) is 39.0 Å². The summed E-state index contributed by atoms with van der Waals surface area (Å²) in [6, 6.07) is 52.1. The Morgan fingerprint density at radius 2 is 1.23 bits per heavy atom. The molecule has 0 saturated heterocycles. The van der Waals surface area contributed by atoms with Crippen molar-refractivity contribution in [3.63, 3.8) is 0 Å². The van der Waals surface area contributed by atoms with Crippen molar-refractivity contribution in [2.45, 2.75) is 6.17 Å². The lowest BCUT2D eigenvalue weighted by molar-refractivity contribution is 0.667. The van der Waals surface area contributed by atoms with Gasteiger partial charge in [-0.2, -0.15) is 0 Å². The Kier molecular flexibility index (Phi) is 6.21. The molecule has 3 aromatic heterocycles. The van der Waals surface area contributed by atoms with Gasteiger partial charge in [-0.05, 0) is 63.5 Å². The molecule has 4 heterocycles. The molecule has 0 amide bonds. The number of furan rings is 2. The Morgan fingerprint density at radius 3 is 2.15 bits per heavy atom. The van der Waals surface area contributed by atoms with Gasteiger partial charge in [-0.15, -0.1) is 0 Å². The number of rotatable bonds is 4. The molecular formula is C46H28N4O2. The number of para-hydroxylation sites is 1. The first kappa shape index (κ1) is 28.8. The van der Waals surface area contributed by atoms with Crippen molar-refractivity contribution in [3.8, 4) is 11.3 Å². The first-order valence-corrected chi connectivity index (χ1v) is 17.4. The third-order valence-corrected chi connectivity index (χ3v) is 10.2. The summed E-state index contributed by atoms with van der Waals surface area (Å²) in [7, 11) is 0. The monoisotopic (exact) mass is 668 g/mol. The minimum absolute atomic E-state index is 0.327. The van der Waals surface area contributed by atoms with E-state index >= 15 is 0 Å². The molecule has 0 bridgehead atoms. The number of fused-ring (bicyclic) bond motifs is 8. The van der Waals surface area contributed by atoms with Gasteiger partial charge in [0.25, 0.3) is 0 Å². The highest BCUT2D eigenvalue weighted by Crippen LogP contribution is 2.40. The van der Waals surface area contributed by atoms with Gasteiger partial charge in [0.15, 0.2) is 5.84 Å². The molecule has 0 fully saturated rings. The van der Waals surface area contributed by atoms with Crippen molar-refractivity contribution in [2.24, 2.45) is 9.98 Å². The SMILES string of the molecule is c1ccc(C2N=C(c3ccc4c(-c5nccc6oc7cc8ccccc8cc7c56)cccc4c3)N=C(c3cccc4oc5ccccc5c34)N2)cc1. The van der Waals surface area contributed by atoms with Crippen LogP contribution in [0.3, 0.4) is 0 Å². The van der Waals surface area contributed by atoms with E-state index in [2.05, 4.69) is 102 Å². The smallest absolute Gasteiger partial charge is 0.159 e. The van der Waals surface area contributed by atoms with E-state index in [1.54, 1.807) is 0 Å². The van der Waals surface area contributed by atoms with Crippen molar-refractivity contribution in [1.82, 2.24) is 10.3 Å². The second kappa shape index (κ2) is 11.2. The fourth-order valence-corrected chi connectivity index (χ4v) is 7.73. The van der Waals surface area contributed by atoms with Crippen LogP contribution in [0.2, 0.25) is 0 Å². The third-order valence-electron chi connectivity index (χ3n) is 10.2. The zero-order valence-electron chi connectivity index (χ0n) is 27.7. The molecule has 6 nitrogen and oxygen atoms in total. The number of pyridine rings is 1. The van der Waals surface area contributed by atoms with E-state index in [1.807, 2.05) is 60.8 Å². The highest BCUT2D eigenvalue weighted by molar-refractivity contribution is 6.22. The minimum atomic E-state index is -0.327. The standard InChI is InChI=1S/C46H28N4O2/c1-2-10-27(11-3-1)44-48-45(50-46(49-44)35-17-9-19-38-41(35)34-15-6-7-18-37(34)51-38)31-20-21-32-30(24-31)14-8-16-33(32)43-42-36-25-28-12-4-5-13-29(28)26-40(36)52-39(42)22-23-47-43/h1-26,44H,(H,48,49,50). The van der Waals surface area contributed by atoms with Gasteiger partial charge in [0.1, 0.15) is 34.3 Å². The topological polar surface area (TPSA) is 75.9 Å². The quantitative estimate of drug-likeness (QED) is 0.202. The molecule has 0 radical (unpaired) electrons. The van der Waals surface area contributed by atoms with Crippen molar-refractivity contribution in [2.75, 3.05) is 0 Å². The van der Waals surface area contributed by atoms with E-state index < -0.39 is 0 Å². The Hall–Kier alpha value is -7.05. The number of benzene rings is 7. The Balaban J connectivity index is 1.07. The molecule has 7 aromatic carbocycles. The summed E-state index contributed by atoms with van der Waals surface area (Å²) in [6.45, 7) is 0. The fourth-order valence-electron chi connectivity index (χ4n) is 7.73. The average Bonchev–Trinajstić information content (AvgIpc) is 3.77. The van der Waals surface area contributed by atoms with Gasteiger partial charge >= 0.3 is 0 Å². The molecule has 0 spiro atoms. The lowest BCUT2D eigenvalue weighted by atomic mass is 9.96. The highest BCUT2D eigenvalue weighted by atomic mass is 16.3. The third kappa shape index (κ3) is 4.48. The second-order valence-electron chi connectivity index (χ2n) is 13.2. The molecule has 6 heteroatoms. The van der Waals surface area contributed by atoms with Gasteiger partial charge in [-0.1, -0.05) is 115 Å². The lowest BCUT2D eigenvalue weighted by Gasteiger charge is -2.24. The van der Waals surface area contributed by atoms with Crippen LogP contribution >= 0.6 is 0 Å². The number of nitrogens with zero attached hydrogens (tertiary/aromatic N) is 3. The Morgan fingerprint density at radius 1 is 0.500 bits per heavy atom. The summed E-state index contributed by atoms with van der Waals surface area (Å²) in [4.78, 5) is 15.3. The summed E-state index contributed by atoms with van der Waals surface area (Å²) >= 11 is 0. The maximum absolute atomic E-state index is 6.39. The minimum Gasteiger partial charge on any atom is -0.456 e. The van der Waals surface area contributed by atoms with Crippen LogP contribution in [0.25, 0.3) is 76.7 Å². The van der Waals surface area contributed by atoms with Gasteiger partial charge in [0.2, 0.25) is 0 Å². The number of hydrogen-bond acceptors (Lipinski definition) is 6. The van der Waals surface area contributed by atoms with Crippen molar-refractivity contribution in [3.05, 3.63) is 175 Å². The Bertz CT molecular complexity index is 3120. The number of aromatic nitrogens is 1. The predicted molar refractivity (Wildman–Crippen MR) is 211 cm³/mol. The fraction of sp³-hybridized carbons (Fsp3) is 0.0217. The first-order chi connectivity index (χ1) is 25.7. The normalized spacial score (nSPS) is 14.7. The van der Waals surface area contributed by atoms with E-state index in [1.165, 1.54) is 5.39 Å². The molecule has 1 atom stereocenters. The zero-order valence-corrected chi connectivity index (χ0v) is 27.7. The van der Waals surface area contributed by atoms with E-state index in [4.69, 9.17) is 23.8 Å². The van der Waals surface area contributed by atoms with Gasteiger partial charge in [0.05, 0.1) is 11.1 Å². The molecule has 1 N–H and O–H groups in total. The second-order valence-corrected chi connectivity index (χ2v) is 13.2. The van der Waals surface area contributed by atoms with Crippen LogP contribution in [-0.2, 0) is 0 Å². The lowest BCUT2D eigenvalue weighted by Crippen LogP contribution is -2.33. The largest absolute Gasteiger partial charge is 0.456 e. The summed E-state index contributed by atoms with van der Waals surface area (Å²) in [5.74, 6) is 1.41. The van der Waals surface area contributed by atoms with Crippen molar-refractivity contribution < 1.29 is 8.83 Å². The van der Waals surface area contributed by atoms with Crippen LogP contribution < -0.4 is 5.32 Å². The van der Waals surface area contributed by atoms with Crippen LogP contribution in [-0.4, -0.2) is 16.7 Å². The number of hydrogen-bond donors (Lipinski definition) is 1. The first-order valence-electron chi connectivity index (χ1n) is 17.4. The molecule has 10 aromatic rings. The van der Waals surface area contributed by atoms with Crippen LogP contribution in [0.1, 0.15) is 22.9 Å². The highest BCUT2D eigenvalue weighted by Gasteiger charge is 2.24. The summed E-state index contributed by atoms with van der Waals surface area (Å²) in [6.07, 6.45) is 1.51. The van der Waals surface area contributed by atoms with E-state index in [9.17, 15) is 0 Å². The Labute approximate surface area is 297 Å². The van der Waals surface area contributed by atoms with E-state index in [-0.39, 0.29) is 6.17 Å². The number of nitrogens with one attached hydrogen (secondary N) is 1. The van der Waals surface area contributed by atoms with Gasteiger partial charge in [-0.3, -0.25) is 4.98 Å². The molecule has 1 unspecified atom stereocenters. The maximum Gasteiger partial charge on any atom is 0.159 e. The average molecular weight is 669 g/mol. The molecule has 0 saturated carbocycles. The van der Waals surface area contributed by atoms with Crippen molar-refractivity contribution in [1.29, 1.82) is 0 Å². The van der Waals surface area contributed by atoms with Crippen LogP contribution in [0.5, 0.6) is 0 Å². The molecule has 11 rings (SSSR count). The summed E-state index contributed by atoms with van der Waals surface area (Å²) < 4.78 is 12.6. The van der Waals surface area contributed by atoms with Gasteiger partial charge < -0.3 is 14.2 Å². The van der Waals surface area contributed by atoms with Crippen molar-refractivity contribution >= 4 is 77.1 Å². The maximum atomic E-state index is 6.39. The number of aliphatic imine (C=N–C) groups is 2. The molecule has 52 heavy (non-hydrogen) atoms.